The van der Waals surface area contributed by atoms with Crippen LogP contribution in [-0.2, 0) is 4.79 Å². The Hall–Kier alpha value is -3.22. The standard InChI is InChI=1S/C21H23NO6/c1-2-26-18-14-15(19(23)22-21(10-11-21)20(24)25)8-9-17(18)28-13-12-27-16-6-4-3-5-7-16/h3-9,14H,2,10-13H2,1H3,(H,22,23)(H,24,25). The number of carboxylic acids is 1. The second kappa shape index (κ2) is 8.65. The van der Waals surface area contributed by atoms with Crippen molar-refractivity contribution in [2.75, 3.05) is 19.8 Å². The molecule has 0 spiro atoms. The zero-order valence-electron chi connectivity index (χ0n) is 15.6. The molecule has 1 amide bonds. The smallest absolute Gasteiger partial charge is 0.329 e. The number of aliphatic carboxylic acids is 1. The van der Waals surface area contributed by atoms with Crippen LogP contribution in [0.25, 0.3) is 0 Å². The zero-order valence-corrected chi connectivity index (χ0v) is 15.6. The monoisotopic (exact) mass is 385 g/mol. The first kappa shape index (κ1) is 19.5. The summed E-state index contributed by atoms with van der Waals surface area (Å²) in [5.41, 5.74) is -0.809. The first-order chi connectivity index (χ1) is 13.5. The SMILES string of the molecule is CCOc1cc(C(=O)NC2(C(=O)O)CC2)ccc1OCCOc1ccccc1. The van der Waals surface area contributed by atoms with Gasteiger partial charge in [0.2, 0.25) is 0 Å². The third-order valence-corrected chi connectivity index (χ3v) is 4.37. The molecule has 7 nitrogen and oxygen atoms in total. The number of hydrogen-bond acceptors (Lipinski definition) is 5. The van der Waals surface area contributed by atoms with Gasteiger partial charge in [-0.15, -0.1) is 0 Å². The molecular weight excluding hydrogens is 362 g/mol. The van der Waals surface area contributed by atoms with Crippen LogP contribution in [0.3, 0.4) is 0 Å². The van der Waals surface area contributed by atoms with Crippen molar-refractivity contribution in [1.82, 2.24) is 5.32 Å². The van der Waals surface area contributed by atoms with Crippen molar-refractivity contribution in [3.63, 3.8) is 0 Å². The van der Waals surface area contributed by atoms with E-state index < -0.39 is 17.4 Å². The number of carboxylic acid groups (broad SMARTS) is 1. The van der Waals surface area contributed by atoms with Crippen LogP contribution in [0.4, 0.5) is 0 Å². The van der Waals surface area contributed by atoms with Crippen LogP contribution in [0.5, 0.6) is 17.2 Å². The van der Waals surface area contributed by atoms with E-state index in [2.05, 4.69) is 5.32 Å². The number of carbonyl (C=O) groups excluding carboxylic acids is 1. The quantitative estimate of drug-likeness (QED) is 0.611. The number of rotatable bonds is 10. The summed E-state index contributed by atoms with van der Waals surface area (Å²) in [5, 5.41) is 11.8. The third kappa shape index (κ3) is 4.73. The minimum atomic E-state index is -1.13. The van der Waals surface area contributed by atoms with Crippen LogP contribution in [0.15, 0.2) is 48.5 Å². The first-order valence-electron chi connectivity index (χ1n) is 9.17. The second-order valence-corrected chi connectivity index (χ2v) is 6.45. The number of benzene rings is 2. The van der Waals surface area contributed by atoms with Crippen LogP contribution < -0.4 is 19.5 Å². The van der Waals surface area contributed by atoms with E-state index in [1.807, 2.05) is 37.3 Å². The Kier molecular flexibility index (Phi) is 6.03. The number of nitrogens with one attached hydrogen (secondary N) is 1. The maximum atomic E-state index is 12.4. The molecule has 1 aliphatic rings. The fourth-order valence-corrected chi connectivity index (χ4v) is 2.67. The van der Waals surface area contributed by atoms with E-state index in [1.54, 1.807) is 18.2 Å². The van der Waals surface area contributed by atoms with Crippen molar-refractivity contribution in [1.29, 1.82) is 0 Å². The zero-order chi connectivity index (χ0) is 20.0. The molecule has 0 saturated heterocycles. The lowest BCUT2D eigenvalue weighted by atomic mass is 10.1. The van der Waals surface area contributed by atoms with E-state index in [-0.39, 0.29) is 0 Å². The molecular formula is C21H23NO6. The molecule has 2 N–H and O–H groups in total. The van der Waals surface area contributed by atoms with Gasteiger partial charge in [0.15, 0.2) is 11.5 Å². The van der Waals surface area contributed by atoms with E-state index in [1.165, 1.54) is 0 Å². The third-order valence-electron chi connectivity index (χ3n) is 4.37. The van der Waals surface area contributed by atoms with E-state index in [9.17, 15) is 14.7 Å². The Morgan fingerprint density at radius 1 is 1.00 bits per heavy atom. The molecule has 2 aromatic rings. The van der Waals surface area contributed by atoms with Crippen LogP contribution >= 0.6 is 0 Å². The lowest BCUT2D eigenvalue weighted by Crippen LogP contribution is -2.43. The highest BCUT2D eigenvalue weighted by molar-refractivity contribution is 5.99. The summed E-state index contributed by atoms with van der Waals surface area (Å²) >= 11 is 0. The van der Waals surface area contributed by atoms with Gasteiger partial charge in [-0.25, -0.2) is 4.79 Å². The van der Waals surface area contributed by atoms with Crippen molar-refractivity contribution >= 4 is 11.9 Å². The van der Waals surface area contributed by atoms with Crippen LogP contribution in [-0.4, -0.2) is 42.3 Å². The molecule has 0 bridgehead atoms. The van der Waals surface area contributed by atoms with Crippen LogP contribution in [0.1, 0.15) is 30.1 Å². The minimum absolute atomic E-state index is 0.308. The van der Waals surface area contributed by atoms with Crippen molar-refractivity contribution in [3.05, 3.63) is 54.1 Å². The van der Waals surface area contributed by atoms with Crippen molar-refractivity contribution in [2.45, 2.75) is 25.3 Å². The van der Waals surface area contributed by atoms with Gasteiger partial charge < -0.3 is 24.6 Å². The summed E-state index contributed by atoms with van der Waals surface area (Å²) in [6.07, 6.45) is 0.879. The van der Waals surface area contributed by atoms with E-state index in [0.29, 0.717) is 49.7 Å². The van der Waals surface area contributed by atoms with Gasteiger partial charge >= 0.3 is 5.97 Å². The fourth-order valence-electron chi connectivity index (χ4n) is 2.67. The molecule has 1 fully saturated rings. The first-order valence-corrected chi connectivity index (χ1v) is 9.17. The highest BCUT2D eigenvalue weighted by Crippen LogP contribution is 2.36. The van der Waals surface area contributed by atoms with Gasteiger partial charge in [-0.3, -0.25) is 4.79 Å². The molecule has 1 aliphatic carbocycles. The van der Waals surface area contributed by atoms with Crippen LogP contribution in [0.2, 0.25) is 0 Å². The average molecular weight is 385 g/mol. The molecule has 0 radical (unpaired) electrons. The summed E-state index contributed by atoms with van der Waals surface area (Å²) in [6.45, 7) is 2.90. The lowest BCUT2D eigenvalue weighted by Gasteiger charge is -2.15. The molecule has 28 heavy (non-hydrogen) atoms. The maximum absolute atomic E-state index is 12.4. The molecule has 0 unspecified atom stereocenters. The van der Waals surface area contributed by atoms with Crippen molar-refractivity contribution in [3.8, 4) is 17.2 Å². The normalized spacial score (nSPS) is 14.0. The predicted octanol–water partition coefficient (Wildman–Crippen LogP) is 2.89. The largest absolute Gasteiger partial charge is 0.490 e. The molecule has 0 aliphatic heterocycles. The Morgan fingerprint density at radius 2 is 1.71 bits per heavy atom. The van der Waals surface area contributed by atoms with E-state index in [0.717, 1.165) is 5.75 Å². The summed E-state index contributed by atoms with van der Waals surface area (Å²) < 4.78 is 16.9. The lowest BCUT2D eigenvalue weighted by molar-refractivity contribution is -0.140. The molecule has 0 heterocycles. The predicted molar refractivity (Wildman–Crippen MR) is 102 cm³/mol. The number of hydrogen-bond donors (Lipinski definition) is 2. The highest BCUT2D eigenvalue weighted by atomic mass is 16.5. The van der Waals surface area contributed by atoms with Gasteiger partial charge in [0.05, 0.1) is 6.61 Å². The Morgan fingerprint density at radius 3 is 2.36 bits per heavy atom. The molecule has 2 aromatic carbocycles. The van der Waals surface area contributed by atoms with Crippen molar-refractivity contribution < 1.29 is 28.9 Å². The summed E-state index contributed by atoms with van der Waals surface area (Å²) in [6, 6.07) is 14.2. The molecule has 3 rings (SSSR count). The summed E-state index contributed by atoms with van der Waals surface area (Å²) in [7, 11) is 0. The second-order valence-electron chi connectivity index (χ2n) is 6.45. The van der Waals surface area contributed by atoms with Gasteiger partial charge in [-0.05, 0) is 50.1 Å². The van der Waals surface area contributed by atoms with Crippen molar-refractivity contribution in [2.24, 2.45) is 0 Å². The molecule has 0 aromatic heterocycles. The van der Waals surface area contributed by atoms with Gasteiger partial charge in [0, 0.05) is 5.56 Å². The molecule has 7 heteroatoms. The molecule has 148 valence electrons. The summed E-state index contributed by atoms with van der Waals surface area (Å²) in [5.74, 6) is 0.226. The molecule has 0 atom stereocenters. The van der Waals surface area contributed by atoms with Gasteiger partial charge in [0.1, 0.15) is 24.5 Å². The number of carbonyl (C=O) groups is 2. The van der Waals surface area contributed by atoms with E-state index >= 15 is 0 Å². The topological polar surface area (TPSA) is 94.1 Å². The van der Waals surface area contributed by atoms with Crippen LogP contribution in [0, 0.1) is 0 Å². The number of para-hydroxylation sites is 1. The Balaban J connectivity index is 1.60. The van der Waals surface area contributed by atoms with Gasteiger partial charge in [-0.1, -0.05) is 18.2 Å². The summed E-state index contributed by atoms with van der Waals surface area (Å²) in [4.78, 5) is 23.7. The maximum Gasteiger partial charge on any atom is 0.329 e. The van der Waals surface area contributed by atoms with E-state index in [4.69, 9.17) is 14.2 Å². The highest BCUT2D eigenvalue weighted by Gasteiger charge is 2.51. The Bertz CT molecular complexity index is 832. The number of amides is 1. The minimum Gasteiger partial charge on any atom is -0.490 e. The Labute approximate surface area is 163 Å². The molecule has 1 saturated carbocycles. The number of ether oxygens (including phenoxy) is 3. The fraction of sp³-hybridized carbons (Fsp3) is 0.333. The average Bonchev–Trinajstić information content (AvgIpc) is 3.48. The van der Waals surface area contributed by atoms with Gasteiger partial charge in [0.25, 0.3) is 5.91 Å². The van der Waals surface area contributed by atoms with Gasteiger partial charge in [-0.2, -0.15) is 0 Å².